The molecule has 7 nitrogen and oxygen atoms in total. The fourth-order valence-corrected chi connectivity index (χ4v) is 4.70. The maximum absolute atomic E-state index is 12.5. The number of unbranched alkanes of at least 4 members (excludes halogenated alkanes) is 7. The average molecular weight is 455 g/mol. The van der Waals surface area contributed by atoms with Crippen LogP contribution in [-0.2, 0) is 20.8 Å². The van der Waals surface area contributed by atoms with Crippen molar-refractivity contribution in [3.05, 3.63) is 29.3 Å². The smallest absolute Gasteiger partial charge is 0.243 e. The van der Waals surface area contributed by atoms with Gasteiger partial charge in [0.05, 0.1) is 5.71 Å². The van der Waals surface area contributed by atoms with E-state index in [4.69, 9.17) is 10.8 Å². The first-order valence-electron chi connectivity index (χ1n) is 12.4. The highest BCUT2D eigenvalue weighted by atomic mass is 16.2. The predicted octanol–water partition coefficient (Wildman–Crippen LogP) is 4.16. The summed E-state index contributed by atoms with van der Waals surface area (Å²) in [5.41, 5.74) is 9.32. The summed E-state index contributed by atoms with van der Waals surface area (Å²) in [6.07, 6.45) is 10.9. The van der Waals surface area contributed by atoms with Crippen LogP contribution in [0.25, 0.3) is 0 Å². The third-order valence-electron chi connectivity index (χ3n) is 6.73. The van der Waals surface area contributed by atoms with Gasteiger partial charge in [0.1, 0.15) is 0 Å². The van der Waals surface area contributed by atoms with Crippen LogP contribution in [0.15, 0.2) is 23.3 Å². The number of carbonyl (C=O) groups excluding carboxylic acids is 3. The lowest BCUT2D eigenvalue weighted by molar-refractivity contribution is -0.132. The minimum atomic E-state index is -0.210. The third kappa shape index (κ3) is 6.89. The fraction of sp³-hybridized carbons (Fsp3) is 0.615. The molecule has 0 spiro atoms. The van der Waals surface area contributed by atoms with Crippen molar-refractivity contribution in [2.45, 2.75) is 84.0 Å². The molecule has 7 heteroatoms. The molecule has 2 aliphatic heterocycles. The van der Waals surface area contributed by atoms with E-state index in [-0.39, 0.29) is 23.6 Å². The maximum Gasteiger partial charge on any atom is 0.243 e. The molecule has 0 bridgehead atoms. The van der Waals surface area contributed by atoms with Crippen LogP contribution in [0.3, 0.4) is 0 Å². The second-order valence-electron chi connectivity index (χ2n) is 9.45. The quantitative estimate of drug-likeness (QED) is 0.480. The molecule has 0 saturated carbocycles. The van der Waals surface area contributed by atoms with Crippen LogP contribution in [0.1, 0.15) is 88.7 Å². The number of carbonyl (C=O) groups is 3. The molecule has 33 heavy (non-hydrogen) atoms. The molecule has 0 aliphatic carbocycles. The molecule has 0 radical (unpaired) electrons. The van der Waals surface area contributed by atoms with E-state index in [9.17, 15) is 14.4 Å². The number of fused-ring (bicyclic) bond motifs is 1. The normalized spacial score (nSPS) is 18.4. The highest BCUT2D eigenvalue weighted by molar-refractivity contribution is 6.06. The van der Waals surface area contributed by atoms with Gasteiger partial charge in [-0.1, -0.05) is 51.5 Å². The SMILES string of the molecule is CC1CC(=O)N(CCCCCCCCCCC(N)=O)N=C1c1ccc2c(c1)CCC(=O)N2C. The summed E-state index contributed by atoms with van der Waals surface area (Å²) in [7, 11) is 1.82. The zero-order chi connectivity index (χ0) is 23.8. The molecule has 0 aromatic heterocycles. The van der Waals surface area contributed by atoms with Gasteiger partial charge in [0.2, 0.25) is 17.7 Å². The lowest BCUT2D eigenvalue weighted by Crippen LogP contribution is -2.37. The first-order chi connectivity index (χ1) is 15.9. The van der Waals surface area contributed by atoms with Gasteiger partial charge in [-0.25, -0.2) is 5.01 Å². The Hall–Kier alpha value is -2.70. The van der Waals surface area contributed by atoms with Gasteiger partial charge < -0.3 is 10.6 Å². The van der Waals surface area contributed by atoms with Crippen molar-refractivity contribution in [2.75, 3.05) is 18.5 Å². The Bertz CT molecular complexity index is 896. The summed E-state index contributed by atoms with van der Waals surface area (Å²) in [6, 6.07) is 6.18. The summed E-state index contributed by atoms with van der Waals surface area (Å²) < 4.78 is 0. The van der Waals surface area contributed by atoms with Crippen molar-refractivity contribution in [2.24, 2.45) is 16.8 Å². The highest BCUT2D eigenvalue weighted by Gasteiger charge is 2.28. The molecule has 1 unspecified atom stereocenters. The fourth-order valence-electron chi connectivity index (χ4n) is 4.70. The largest absolute Gasteiger partial charge is 0.370 e. The minimum absolute atomic E-state index is 0.0873. The molecule has 3 rings (SSSR count). The zero-order valence-corrected chi connectivity index (χ0v) is 20.1. The third-order valence-corrected chi connectivity index (χ3v) is 6.73. The van der Waals surface area contributed by atoms with Crippen molar-refractivity contribution < 1.29 is 14.4 Å². The Morgan fingerprint density at radius 1 is 1.00 bits per heavy atom. The van der Waals surface area contributed by atoms with E-state index in [1.807, 2.05) is 19.2 Å². The van der Waals surface area contributed by atoms with E-state index in [2.05, 4.69) is 13.0 Å². The van der Waals surface area contributed by atoms with Crippen LogP contribution in [0.4, 0.5) is 5.69 Å². The molecule has 180 valence electrons. The number of aryl methyl sites for hydroxylation is 1. The lowest BCUT2D eigenvalue weighted by Gasteiger charge is -2.29. The topological polar surface area (TPSA) is 96.1 Å². The second-order valence-corrected chi connectivity index (χ2v) is 9.45. The van der Waals surface area contributed by atoms with E-state index >= 15 is 0 Å². The Morgan fingerprint density at radius 3 is 2.36 bits per heavy atom. The van der Waals surface area contributed by atoms with Crippen molar-refractivity contribution in [3.63, 3.8) is 0 Å². The minimum Gasteiger partial charge on any atom is -0.370 e. The first-order valence-corrected chi connectivity index (χ1v) is 12.4. The molecule has 2 aliphatic rings. The van der Waals surface area contributed by atoms with Gasteiger partial charge in [-0.05, 0) is 42.5 Å². The second kappa shape index (κ2) is 12.0. The van der Waals surface area contributed by atoms with Gasteiger partial charge in [0.25, 0.3) is 0 Å². The standard InChI is InChI=1S/C26H38N4O3/c1-19-17-25(33)30(16-10-8-6-4-3-5-7-9-11-23(27)31)28-26(19)21-12-14-22-20(18-21)13-15-24(32)29(22)2/h12,14,18-19H,3-11,13,15-17H2,1-2H3,(H2,27,31). The van der Waals surface area contributed by atoms with Gasteiger partial charge in [-0.2, -0.15) is 5.10 Å². The number of hydrogen-bond donors (Lipinski definition) is 1. The molecule has 2 N–H and O–H groups in total. The number of rotatable bonds is 12. The molecule has 3 amide bonds. The van der Waals surface area contributed by atoms with Crippen molar-refractivity contribution >= 4 is 29.1 Å². The average Bonchev–Trinajstić information content (AvgIpc) is 2.78. The van der Waals surface area contributed by atoms with E-state index in [1.54, 1.807) is 9.91 Å². The summed E-state index contributed by atoms with van der Waals surface area (Å²) in [5.74, 6) is 0.130. The van der Waals surface area contributed by atoms with E-state index in [1.165, 1.54) is 18.4 Å². The molecule has 2 heterocycles. The van der Waals surface area contributed by atoms with Crippen LogP contribution >= 0.6 is 0 Å². The molecule has 0 fully saturated rings. The summed E-state index contributed by atoms with van der Waals surface area (Å²) in [6.45, 7) is 2.72. The Balaban J connectivity index is 1.48. The Labute approximate surface area is 197 Å². The molecule has 1 aromatic rings. The van der Waals surface area contributed by atoms with Crippen LogP contribution in [-0.4, -0.2) is 42.0 Å². The van der Waals surface area contributed by atoms with E-state index in [0.717, 1.165) is 61.9 Å². The predicted molar refractivity (Wildman–Crippen MR) is 131 cm³/mol. The number of benzene rings is 1. The molecular formula is C26H38N4O3. The number of amides is 3. The van der Waals surface area contributed by atoms with Gasteiger partial charge in [0.15, 0.2) is 0 Å². The van der Waals surface area contributed by atoms with Gasteiger partial charge in [-0.15, -0.1) is 0 Å². The number of primary amides is 1. The zero-order valence-electron chi connectivity index (χ0n) is 20.1. The molecule has 0 saturated heterocycles. The van der Waals surface area contributed by atoms with Crippen LogP contribution in [0.5, 0.6) is 0 Å². The number of nitrogens with zero attached hydrogens (tertiary/aromatic N) is 3. The van der Waals surface area contributed by atoms with Crippen molar-refractivity contribution in [1.82, 2.24) is 5.01 Å². The van der Waals surface area contributed by atoms with Crippen LogP contribution in [0, 0.1) is 5.92 Å². The molecule has 1 aromatic carbocycles. The van der Waals surface area contributed by atoms with E-state index < -0.39 is 0 Å². The first kappa shape index (κ1) is 24.9. The summed E-state index contributed by atoms with van der Waals surface area (Å²) in [4.78, 5) is 37.0. The lowest BCUT2D eigenvalue weighted by atomic mass is 9.90. The van der Waals surface area contributed by atoms with Crippen molar-refractivity contribution in [3.8, 4) is 0 Å². The summed E-state index contributed by atoms with van der Waals surface area (Å²) in [5, 5.41) is 6.42. The monoisotopic (exact) mass is 454 g/mol. The molecular weight excluding hydrogens is 416 g/mol. The number of nitrogens with two attached hydrogens (primary N) is 1. The highest BCUT2D eigenvalue weighted by Crippen LogP contribution is 2.30. The van der Waals surface area contributed by atoms with Gasteiger partial charge >= 0.3 is 0 Å². The van der Waals surface area contributed by atoms with Crippen LogP contribution in [0.2, 0.25) is 0 Å². The number of hydrazone groups is 1. The summed E-state index contributed by atoms with van der Waals surface area (Å²) >= 11 is 0. The van der Waals surface area contributed by atoms with Crippen LogP contribution < -0.4 is 10.6 Å². The Kier molecular flexibility index (Phi) is 9.03. The number of hydrogen-bond acceptors (Lipinski definition) is 4. The van der Waals surface area contributed by atoms with Gasteiger partial charge in [0, 0.05) is 44.5 Å². The van der Waals surface area contributed by atoms with Gasteiger partial charge in [-0.3, -0.25) is 14.4 Å². The molecule has 1 atom stereocenters. The Morgan fingerprint density at radius 2 is 1.67 bits per heavy atom. The van der Waals surface area contributed by atoms with E-state index in [0.29, 0.717) is 25.8 Å². The van der Waals surface area contributed by atoms with Crippen molar-refractivity contribution in [1.29, 1.82) is 0 Å². The maximum atomic E-state index is 12.5. The number of anilines is 1.